The van der Waals surface area contributed by atoms with Crippen LogP contribution in [0.15, 0.2) is 72.3 Å². The Morgan fingerprint density at radius 1 is 0.944 bits per heavy atom. The molecule has 7 nitrogen and oxygen atoms in total. The number of benzene rings is 3. The summed E-state index contributed by atoms with van der Waals surface area (Å²) < 4.78 is 31.6. The quantitative estimate of drug-likeness (QED) is 0.263. The molecule has 8 heteroatoms. The lowest BCUT2D eigenvalue weighted by atomic mass is 9.94. The van der Waals surface area contributed by atoms with Crippen LogP contribution >= 0.6 is 0 Å². The van der Waals surface area contributed by atoms with Gasteiger partial charge in [-0.1, -0.05) is 24.3 Å². The number of rotatable bonds is 8. The van der Waals surface area contributed by atoms with Crippen molar-refractivity contribution in [2.75, 3.05) is 25.2 Å². The van der Waals surface area contributed by atoms with Crippen LogP contribution in [-0.2, 0) is 9.59 Å². The Labute approximate surface area is 208 Å². The largest absolute Gasteiger partial charge is 0.507 e. The third-order valence-corrected chi connectivity index (χ3v) is 5.79. The first-order valence-corrected chi connectivity index (χ1v) is 11.5. The molecule has 0 aromatic heterocycles. The number of ketones is 1. The van der Waals surface area contributed by atoms with Gasteiger partial charge < -0.3 is 19.3 Å². The average molecular weight is 492 g/mol. The normalized spacial score (nSPS) is 16.8. The van der Waals surface area contributed by atoms with E-state index in [-0.39, 0.29) is 29.1 Å². The van der Waals surface area contributed by atoms with E-state index in [0.29, 0.717) is 23.8 Å². The van der Waals surface area contributed by atoms with Gasteiger partial charge in [-0.15, -0.1) is 0 Å². The first-order valence-electron chi connectivity index (χ1n) is 11.5. The van der Waals surface area contributed by atoms with Crippen molar-refractivity contribution in [2.45, 2.75) is 19.9 Å². The van der Waals surface area contributed by atoms with E-state index in [9.17, 15) is 14.7 Å². The van der Waals surface area contributed by atoms with Crippen LogP contribution in [0.5, 0.6) is 17.2 Å². The lowest BCUT2D eigenvalue weighted by molar-refractivity contribution is -0.132. The van der Waals surface area contributed by atoms with E-state index >= 15 is 4.39 Å². The molecule has 0 saturated carbocycles. The minimum absolute atomic E-state index is 0.0602. The standard InChI is InChI=1S/C28H26FNO6/c1-4-35-19-13-14-21(23(16-19)36-5-2)26(31)24-25(20-11-6-7-12-22(20)29)30(28(33)27(24)32)17-9-8-10-18(15-17)34-3/h6-16,25,31H,4-5H2,1-3H3/b26-24+. The number of aliphatic hydroxyl groups excluding tert-OH is 1. The minimum atomic E-state index is -1.22. The number of amides is 1. The molecule has 1 amide bonds. The van der Waals surface area contributed by atoms with E-state index in [1.807, 2.05) is 6.92 Å². The SMILES string of the molecule is CCOc1ccc(/C(O)=C2\C(=O)C(=O)N(c3cccc(OC)c3)C2c2ccccc2F)c(OCC)c1. The lowest BCUT2D eigenvalue weighted by Gasteiger charge is -2.26. The first-order chi connectivity index (χ1) is 17.4. The summed E-state index contributed by atoms with van der Waals surface area (Å²) in [4.78, 5) is 27.8. The molecule has 0 radical (unpaired) electrons. The summed E-state index contributed by atoms with van der Waals surface area (Å²) in [6, 6.07) is 15.9. The fraction of sp³-hybridized carbons (Fsp3) is 0.214. The van der Waals surface area contributed by atoms with Gasteiger partial charge in [0.25, 0.3) is 11.7 Å². The molecule has 3 aromatic rings. The van der Waals surface area contributed by atoms with Crippen molar-refractivity contribution in [1.29, 1.82) is 0 Å². The highest BCUT2D eigenvalue weighted by atomic mass is 19.1. The van der Waals surface area contributed by atoms with Crippen LogP contribution in [-0.4, -0.2) is 37.1 Å². The van der Waals surface area contributed by atoms with Crippen LogP contribution in [0.25, 0.3) is 5.76 Å². The topological polar surface area (TPSA) is 85.3 Å². The van der Waals surface area contributed by atoms with Gasteiger partial charge in [0.15, 0.2) is 0 Å². The Bertz CT molecular complexity index is 1340. The van der Waals surface area contributed by atoms with Crippen molar-refractivity contribution in [3.63, 3.8) is 0 Å². The van der Waals surface area contributed by atoms with Crippen molar-refractivity contribution in [2.24, 2.45) is 0 Å². The monoisotopic (exact) mass is 491 g/mol. The molecule has 1 aliphatic heterocycles. The van der Waals surface area contributed by atoms with Crippen molar-refractivity contribution in [3.8, 4) is 17.2 Å². The van der Waals surface area contributed by atoms with Gasteiger partial charge in [-0.05, 0) is 44.2 Å². The molecule has 0 aliphatic carbocycles. The van der Waals surface area contributed by atoms with Crippen molar-refractivity contribution >= 4 is 23.1 Å². The average Bonchev–Trinajstić information content (AvgIpc) is 3.14. The van der Waals surface area contributed by atoms with Gasteiger partial charge in [0, 0.05) is 23.4 Å². The van der Waals surface area contributed by atoms with E-state index in [2.05, 4.69) is 0 Å². The second-order valence-corrected chi connectivity index (χ2v) is 7.92. The van der Waals surface area contributed by atoms with Gasteiger partial charge >= 0.3 is 0 Å². The number of hydrogen-bond acceptors (Lipinski definition) is 6. The molecule has 1 atom stereocenters. The highest BCUT2D eigenvalue weighted by Gasteiger charge is 2.48. The number of Topliss-reactive ketones (excluding diaryl/α,β-unsaturated/α-hetero) is 1. The second kappa shape index (κ2) is 10.5. The molecule has 0 bridgehead atoms. The summed E-state index contributed by atoms with van der Waals surface area (Å²) in [5.74, 6) is -1.71. The molecule has 1 unspecified atom stereocenters. The van der Waals surface area contributed by atoms with Gasteiger partial charge in [-0.2, -0.15) is 0 Å². The minimum Gasteiger partial charge on any atom is -0.507 e. The summed E-state index contributed by atoms with van der Waals surface area (Å²) in [5.41, 5.74) is 0.314. The fourth-order valence-electron chi connectivity index (χ4n) is 4.23. The number of anilines is 1. The van der Waals surface area contributed by atoms with Gasteiger partial charge in [0.1, 0.15) is 28.8 Å². The number of ether oxygens (including phenoxy) is 3. The molecule has 3 aromatic carbocycles. The number of carbonyl (C=O) groups is 2. The van der Waals surface area contributed by atoms with Crippen LogP contribution < -0.4 is 19.1 Å². The van der Waals surface area contributed by atoms with Crippen molar-refractivity contribution < 1.29 is 33.3 Å². The van der Waals surface area contributed by atoms with Crippen molar-refractivity contribution in [3.05, 3.63) is 89.2 Å². The van der Waals surface area contributed by atoms with Crippen molar-refractivity contribution in [1.82, 2.24) is 0 Å². The van der Waals surface area contributed by atoms with Crippen LogP contribution in [0.4, 0.5) is 10.1 Å². The van der Waals surface area contributed by atoms with Crippen LogP contribution in [0.1, 0.15) is 31.0 Å². The zero-order chi connectivity index (χ0) is 25.8. The smallest absolute Gasteiger partial charge is 0.300 e. The van der Waals surface area contributed by atoms with E-state index in [1.165, 1.54) is 30.2 Å². The number of hydrogen-bond donors (Lipinski definition) is 1. The predicted molar refractivity (Wildman–Crippen MR) is 133 cm³/mol. The maximum Gasteiger partial charge on any atom is 0.300 e. The van der Waals surface area contributed by atoms with E-state index in [4.69, 9.17) is 14.2 Å². The van der Waals surface area contributed by atoms with Gasteiger partial charge in [-0.3, -0.25) is 14.5 Å². The summed E-state index contributed by atoms with van der Waals surface area (Å²) in [5, 5.41) is 11.4. The Kier molecular flexibility index (Phi) is 7.24. The highest BCUT2D eigenvalue weighted by molar-refractivity contribution is 6.51. The Morgan fingerprint density at radius 2 is 1.69 bits per heavy atom. The Morgan fingerprint density at radius 3 is 2.39 bits per heavy atom. The molecule has 0 spiro atoms. The summed E-state index contributed by atoms with van der Waals surface area (Å²) in [6.07, 6.45) is 0. The fourth-order valence-corrected chi connectivity index (χ4v) is 4.23. The zero-order valence-corrected chi connectivity index (χ0v) is 20.2. The van der Waals surface area contributed by atoms with Gasteiger partial charge in [0.05, 0.1) is 37.5 Å². The molecule has 1 heterocycles. The Hall–Kier alpha value is -4.33. The van der Waals surface area contributed by atoms with Gasteiger partial charge in [0.2, 0.25) is 0 Å². The molecular formula is C28H26FNO6. The molecule has 1 fully saturated rings. The van der Waals surface area contributed by atoms with E-state index < -0.39 is 29.3 Å². The van der Waals surface area contributed by atoms with Crippen LogP contribution in [0.2, 0.25) is 0 Å². The molecule has 4 rings (SSSR count). The number of methoxy groups -OCH3 is 1. The molecular weight excluding hydrogens is 465 g/mol. The highest BCUT2D eigenvalue weighted by Crippen LogP contribution is 2.44. The number of carbonyl (C=O) groups excluding carboxylic acids is 2. The first kappa shape index (κ1) is 24.8. The number of halogens is 1. The summed E-state index contributed by atoms with van der Waals surface area (Å²) in [7, 11) is 1.47. The van der Waals surface area contributed by atoms with E-state index in [0.717, 1.165) is 0 Å². The van der Waals surface area contributed by atoms with E-state index in [1.54, 1.807) is 55.5 Å². The maximum atomic E-state index is 15.1. The molecule has 1 N–H and O–H groups in total. The van der Waals surface area contributed by atoms with Gasteiger partial charge in [-0.25, -0.2) is 4.39 Å². The molecule has 36 heavy (non-hydrogen) atoms. The zero-order valence-electron chi connectivity index (χ0n) is 20.2. The van der Waals surface area contributed by atoms with Crippen LogP contribution in [0.3, 0.4) is 0 Å². The summed E-state index contributed by atoms with van der Waals surface area (Å²) >= 11 is 0. The molecule has 1 saturated heterocycles. The third kappa shape index (κ3) is 4.49. The lowest BCUT2D eigenvalue weighted by Crippen LogP contribution is -2.29. The molecule has 186 valence electrons. The Balaban J connectivity index is 1.96. The third-order valence-electron chi connectivity index (χ3n) is 5.79. The number of aliphatic hydroxyl groups is 1. The molecule has 1 aliphatic rings. The number of nitrogens with zero attached hydrogens (tertiary/aromatic N) is 1. The predicted octanol–water partition coefficient (Wildman–Crippen LogP) is 5.26. The summed E-state index contributed by atoms with van der Waals surface area (Å²) in [6.45, 7) is 4.32. The van der Waals surface area contributed by atoms with Crippen LogP contribution in [0, 0.1) is 5.82 Å². The second-order valence-electron chi connectivity index (χ2n) is 7.92. The maximum absolute atomic E-state index is 15.1.